The first-order valence-corrected chi connectivity index (χ1v) is 1.67. The van der Waals surface area contributed by atoms with Gasteiger partial charge < -0.3 is 0 Å². The van der Waals surface area contributed by atoms with Crippen LogP contribution in [0, 0.1) is 0 Å². The Balaban J connectivity index is 2.68. The van der Waals surface area contributed by atoms with Crippen LogP contribution in [0.5, 0.6) is 0 Å². The minimum atomic E-state index is 0.870. The van der Waals surface area contributed by atoms with Crippen molar-refractivity contribution in [3.05, 3.63) is 11.9 Å². The molecule has 6 heavy (non-hydrogen) atoms. The fraction of sp³-hybridized carbons (Fsp3) is 0.333. The Morgan fingerprint density at radius 2 is 2.50 bits per heavy atom. The summed E-state index contributed by atoms with van der Waals surface area (Å²) in [5.41, 5.74) is 4.33. The van der Waals surface area contributed by atoms with E-state index in [4.69, 9.17) is 0 Å². The maximum Gasteiger partial charge on any atom is 0.0819 e. The Morgan fingerprint density at radius 1 is 1.67 bits per heavy atom. The van der Waals surface area contributed by atoms with Crippen molar-refractivity contribution in [1.82, 2.24) is 5.43 Å². The SMILES string of the molecule is CC1=C[N]N=N1. The molecule has 0 aromatic rings. The molecule has 1 radical (unpaired) electrons. The lowest BCUT2D eigenvalue weighted by Crippen LogP contribution is -1.69. The molecule has 1 rings (SSSR count). The van der Waals surface area contributed by atoms with Gasteiger partial charge in [0.15, 0.2) is 0 Å². The van der Waals surface area contributed by atoms with Gasteiger partial charge in [-0.3, -0.25) is 0 Å². The molecule has 0 aromatic heterocycles. The van der Waals surface area contributed by atoms with Crippen LogP contribution in [0.2, 0.25) is 0 Å². The molecule has 0 bridgehead atoms. The highest BCUT2D eigenvalue weighted by Crippen LogP contribution is 1.98. The van der Waals surface area contributed by atoms with E-state index < -0.39 is 0 Å². The second kappa shape index (κ2) is 1.08. The third kappa shape index (κ3) is 0.381. The van der Waals surface area contributed by atoms with Crippen LogP contribution in [0.3, 0.4) is 0 Å². The fourth-order valence-electron chi connectivity index (χ4n) is 0.232. The highest BCUT2D eigenvalue weighted by atomic mass is 15.4. The van der Waals surface area contributed by atoms with Crippen molar-refractivity contribution >= 4 is 0 Å². The Kier molecular flexibility index (Phi) is 0.602. The lowest BCUT2D eigenvalue weighted by Gasteiger charge is -1.66. The second-order valence-corrected chi connectivity index (χ2v) is 1.08. The molecule has 31 valence electrons. The molecule has 0 N–H and O–H groups in total. The smallest absolute Gasteiger partial charge is 0.0819 e. The number of allylic oxidation sites excluding steroid dienone is 1. The van der Waals surface area contributed by atoms with Crippen LogP contribution in [0.1, 0.15) is 6.92 Å². The van der Waals surface area contributed by atoms with Crippen molar-refractivity contribution in [3.8, 4) is 0 Å². The number of hydrogen-bond donors (Lipinski definition) is 0. The summed E-state index contributed by atoms with van der Waals surface area (Å²) in [5.74, 6) is 0. The van der Waals surface area contributed by atoms with Gasteiger partial charge in [0.1, 0.15) is 0 Å². The van der Waals surface area contributed by atoms with Gasteiger partial charge in [0.2, 0.25) is 0 Å². The molecule has 0 saturated heterocycles. The molecule has 1 heterocycles. The molecule has 0 atom stereocenters. The van der Waals surface area contributed by atoms with E-state index in [-0.39, 0.29) is 0 Å². The lowest BCUT2D eigenvalue weighted by atomic mass is 10.6. The zero-order chi connectivity index (χ0) is 4.41. The molecule has 0 aliphatic carbocycles. The van der Waals surface area contributed by atoms with Crippen LogP contribution in [0.15, 0.2) is 22.2 Å². The average molecular weight is 82.1 g/mol. The fourth-order valence-corrected chi connectivity index (χ4v) is 0.232. The Hall–Kier alpha value is -0.860. The van der Waals surface area contributed by atoms with Gasteiger partial charge in [0, 0.05) is 0 Å². The molecule has 0 unspecified atom stereocenters. The minimum absolute atomic E-state index is 0.870. The van der Waals surface area contributed by atoms with Crippen molar-refractivity contribution in [2.24, 2.45) is 10.3 Å². The lowest BCUT2D eigenvalue weighted by molar-refractivity contribution is 0.903. The summed E-state index contributed by atoms with van der Waals surface area (Å²) in [4.78, 5) is 0. The Bertz CT molecular complexity index is 99.9. The van der Waals surface area contributed by atoms with Crippen LogP contribution in [0.25, 0.3) is 0 Å². The van der Waals surface area contributed by atoms with E-state index in [0.29, 0.717) is 0 Å². The van der Waals surface area contributed by atoms with Crippen molar-refractivity contribution in [3.63, 3.8) is 0 Å². The van der Waals surface area contributed by atoms with E-state index in [1.165, 1.54) is 0 Å². The van der Waals surface area contributed by atoms with Crippen LogP contribution in [-0.4, -0.2) is 0 Å². The van der Waals surface area contributed by atoms with Crippen LogP contribution >= 0.6 is 0 Å². The van der Waals surface area contributed by atoms with Gasteiger partial charge in [-0.15, -0.1) is 10.5 Å². The zero-order valence-corrected chi connectivity index (χ0v) is 3.42. The molecule has 3 nitrogen and oxygen atoms in total. The van der Waals surface area contributed by atoms with Crippen molar-refractivity contribution in [1.29, 1.82) is 0 Å². The van der Waals surface area contributed by atoms with Gasteiger partial charge in [-0.05, 0) is 12.1 Å². The molecular formula is C3H4N3. The first kappa shape index (κ1) is 3.33. The van der Waals surface area contributed by atoms with Gasteiger partial charge >= 0.3 is 0 Å². The monoisotopic (exact) mass is 82.0 g/mol. The summed E-state index contributed by atoms with van der Waals surface area (Å²) in [6.07, 6.45) is 1.61. The molecule has 0 spiro atoms. The highest BCUT2D eigenvalue weighted by molar-refractivity contribution is 4.94. The summed E-state index contributed by atoms with van der Waals surface area (Å²) in [7, 11) is 0. The molecule has 0 fully saturated rings. The Labute approximate surface area is 35.7 Å². The summed E-state index contributed by atoms with van der Waals surface area (Å²) in [5, 5.41) is 6.88. The second-order valence-electron chi connectivity index (χ2n) is 1.08. The minimum Gasteiger partial charge on any atom is -0.137 e. The Morgan fingerprint density at radius 3 is 2.67 bits per heavy atom. The first-order valence-electron chi connectivity index (χ1n) is 1.67. The number of hydrogen-bond acceptors (Lipinski definition) is 2. The predicted molar refractivity (Wildman–Crippen MR) is 20.7 cm³/mol. The third-order valence-electron chi connectivity index (χ3n) is 0.499. The van der Waals surface area contributed by atoms with E-state index in [1.54, 1.807) is 6.20 Å². The predicted octanol–water partition coefficient (Wildman–Crippen LogP) is 0.833. The largest absolute Gasteiger partial charge is 0.137 e. The van der Waals surface area contributed by atoms with E-state index in [2.05, 4.69) is 15.8 Å². The van der Waals surface area contributed by atoms with Gasteiger partial charge in [0.25, 0.3) is 0 Å². The van der Waals surface area contributed by atoms with Crippen molar-refractivity contribution in [2.75, 3.05) is 0 Å². The van der Waals surface area contributed by atoms with E-state index in [9.17, 15) is 0 Å². The highest BCUT2D eigenvalue weighted by Gasteiger charge is 1.88. The molecule has 3 heteroatoms. The first-order chi connectivity index (χ1) is 2.89. The number of rotatable bonds is 0. The van der Waals surface area contributed by atoms with Crippen molar-refractivity contribution in [2.45, 2.75) is 6.92 Å². The normalized spacial score (nSPS) is 17.2. The summed E-state index contributed by atoms with van der Waals surface area (Å²) in [6.45, 7) is 1.85. The maximum atomic E-state index is 3.56. The average Bonchev–Trinajstić information content (AvgIpc) is 1.86. The quantitative estimate of drug-likeness (QED) is 0.415. The van der Waals surface area contributed by atoms with E-state index in [1.807, 2.05) is 6.92 Å². The van der Waals surface area contributed by atoms with E-state index >= 15 is 0 Å². The topological polar surface area (TPSA) is 38.8 Å². The van der Waals surface area contributed by atoms with E-state index in [0.717, 1.165) is 5.70 Å². The third-order valence-corrected chi connectivity index (χ3v) is 0.499. The standard InChI is InChI=1S/C3H4N3/c1-3-2-4-6-5-3/h2H,1H3. The molecular weight excluding hydrogens is 78.1 g/mol. The zero-order valence-electron chi connectivity index (χ0n) is 3.42. The summed E-state index contributed by atoms with van der Waals surface area (Å²) in [6, 6.07) is 0. The van der Waals surface area contributed by atoms with Gasteiger partial charge in [-0.25, -0.2) is 0 Å². The van der Waals surface area contributed by atoms with Crippen LogP contribution in [0.4, 0.5) is 0 Å². The molecule has 1 aliphatic rings. The van der Waals surface area contributed by atoms with Gasteiger partial charge in [0.05, 0.1) is 11.9 Å². The summed E-state index contributed by atoms with van der Waals surface area (Å²) < 4.78 is 0. The molecule has 0 saturated carbocycles. The van der Waals surface area contributed by atoms with Gasteiger partial charge in [-0.2, -0.15) is 0 Å². The maximum absolute atomic E-state index is 3.56. The molecule has 0 aromatic carbocycles. The van der Waals surface area contributed by atoms with Crippen molar-refractivity contribution < 1.29 is 0 Å². The number of nitrogens with zero attached hydrogens (tertiary/aromatic N) is 3. The van der Waals surface area contributed by atoms with Crippen LogP contribution in [-0.2, 0) is 0 Å². The molecule has 0 amide bonds. The van der Waals surface area contributed by atoms with Crippen LogP contribution < -0.4 is 5.43 Å². The van der Waals surface area contributed by atoms with Gasteiger partial charge in [-0.1, -0.05) is 0 Å². The molecule has 1 aliphatic heterocycles. The summed E-state index contributed by atoms with van der Waals surface area (Å²) >= 11 is 0.